The zero-order chi connectivity index (χ0) is 12.1. The number of amides is 1. The Kier molecular flexibility index (Phi) is 2.43. The highest BCUT2D eigenvalue weighted by molar-refractivity contribution is 5.97. The fraction of sp³-hybridized carbons (Fsp3) is 0.800. The van der Waals surface area contributed by atoms with Gasteiger partial charge in [0.25, 0.3) is 5.91 Å². The molecule has 6 nitrogen and oxygen atoms in total. The van der Waals surface area contributed by atoms with Gasteiger partial charge in [0.05, 0.1) is 19.3 Å². The summed E-state index contributed by atoms with van der Waals surface area (Å²) in [5.74, 6) is -1.05. The van der Waals surface area contributed by atoms with Crippen molar-refractivity contribution in [3.8, 4) is 0 Å². The van der Waals surface area contributed by atoms with Gasteiger partial charge in [0.2, 0.25) is 0 Å². The second-order valence-corrected chi connectivity index (χ2v) is 4.35. The highest BCUT2D eigenvalue weighted by atomic mass is 16.5. The van der Waals surface area contributed by atoms with E-state index in [9.17, 15) is 19.8 Å². The van der Waals surface area contributed by atoms with E-state index in [4.69, 9.17) is 0 Å². The summed E-state index contributed by atoms with van der Waals surface area (Å²) in [7, 11) is 1.26. The summed E-state index contributed by atoms with van der Waals surface area (Å²) in [5.41, 5.74) is -1.72. The summed E-state index contributed by atoms with van der Waals surface area (Å²) < 4.78 is 4.59. The number of aliphatic hydroxyl groups excluding tert-OH is 1. The predicted molar refractivity (Wildman–Crippen MR) is 52.3 cm³/mol. The molecule has 4 atom stereocenters. The molecule has 2 heterocycles. The SMILES string of the molecule is COC(=O)[C@@H]1CC[C@H]2N1C(=O)[C@@]2(O)[C@H](C)O. The lowest BCUT2D eigenvalue weighted by Gasteiger charge is -2.52. The molecule has 0 unspecified atom stereocenters. The first-order chi connectivity index (χ1) is 7.44. The van der Waals surface area contributed by atoms with Crippen molar-refractivity contribution in [3.63, 3.8) is 0 Å². The number of hydrogen-bond acceptors (Lipinski definition) is 5. The Balaban J connectivity index is 2.19. The molecule has 0 saturated carbocycles. The van der Waals surface area contributed by atoms with E-state index in [1.54, 1.807) is 0 Å². The number of rotatable bonds is 2. The summed E-state index contributed by atoms with van der Waals surface area (Å²) in [4.78, 5) is 24.4. The summed E-state index contributed by atoms with van der Waals surface area (Å²) in [6, 6.07) is -1.08. The fourth-order valence-electron chi connectivity index (χ4n) is 2.63. The average molecular weight is 229 g/mol. The van der Waals surface area contributed by atoms with Gasteiger partial charge in [0, 0.05) is 0 Å². The van der Waals surface area contributed by atoms with Gasteiger partial charge in [-0.05, 0) is 19.8 Å². The van der Waals surface area contributed by atoms with Gasteiger partial charge in [-0.1, -0.05) is 0 Å². The van der Waals surface area contributed by atoms with E-state index in [-0.39, 0.29) is 0 Å². The average Bonchev–Trinajstić information content (AvgIpc) is 2.67. The molecule has 0 aromatic heterocycles. The quantitative estimate of drug-likeness (QED) is 0.451. The van der Waals surface area contributed by atoms with Crippen molar-refractivity contribution in [2.75, 3.05) is 7.11 Å². The van der Waals surface area contributed by atoms with Crippen molar-refractivity contribution in [1.82, 2.24) is 4.90 Å². The monoisotopic (exact) mass is 229 g/mol. The standard InChI is InChI=1S/C10H15NO5/c1-5(12)10(15)7-4-3-6(8(13)16-2)11(7)9(10)14/h5-7,12,15H,3-4H2,1-2H3/t5-,6-,7+,10+/m0/s1. The van der Waals surface area contributed by atoms with E-state index in [2.05, 4.69) is 4.74 Å². The minimum absolute atomic E-state index is 0.468. The minimum atomic E-state index is -1.72. The van der Waals surface area contributed by atoms with E-state index in [1.807, 2.05) is 0 Å². The van der Waals surface area contributed by atoms with Gasteiger partial charge in [-0.15, -0.1) is 0 Å². The number of β-lactam (4-membered cyclic amide) rings is 1. The lowest BCUT2D eigenvalue weighted by Crippen LogP contribution is -2.77. The van der Waals surface area contributed by atoms with Crippen LogP contribution in [0.25, 0.3) is 0 Å². The summed E-state index contributed by atoms with van der Waals surface area (Å²) in [5, 5.41) is 19.4. The van der Waals surface area contributed by atoms with Crippen molar-refractivity contribution < 1.29 is 24.5 Å². The largest absolute Gasteiger partial charge is 0.467 e. The molecule has 0 aromatic rings. The number of ether oxygens (including phenoxy) is 1. The third-order valence-corrected chi connectivity index (χ3v) is 3.58. The van der Waals surface area contributed by atoms with Crippen molar-refractivity contribution in [3.05, 3.63) is 0 Å². The van der Waals surface area contributed by atoms with Crippen LogP contribution in [0.4, 0.5) is 0 Å². The summed E-state index contributed by atoms with van der Waals surface area (Å²) in [6.07, 6.45) is -0.150. The molecule has 0 spiro atoms. The lowest BCUT2D eigenvalue weighted by atomic mass is 9.79. The van der Waals surface area contributed by atoms with Crippen LogP contribution in [0.1, 0.15) is 19.8 Å². The Morgan fingerprint density at radius 3 is 2.75 bits per heavy atom. The van der Waals surface area contributed by atoms with E-state index in [0.717, 1.165) is 0 Å². The van der Waals surface area contributed by atoms with Crippen LogP contribution in [0.2, 0.25) is 0 Å². The topological polar surface area (TPSA) is 87.1 Å². The summed E-state index contributed by atoms with van der Waals surface area (Å²) >= 11 is 0. The highest BCUT2D eigenvalue weighted by Gasteiger charge is 2.67. The second-order valence-electron chi connectivity index (χ2n) is 4.35. The van der Waals surface area contributed by atoms with E-state index in [1.165, 1.54) is 18.9 Å². The third kappa shape index (κ3) is 1.14. The molecule has 90 valence electrons. The molecule has 16 heavy (non-hydrogen) atoms. The lowest BCUT2D eigenvalue weighted by molar-refractivity contribution is -0.211. The molecular formula is C10H15NO5. The van der Waals surface area contributed by atoms with Crippen LogP contribution in [0, 0.1) is 0 Å². The third-order valence-electron chi connectivity index (χ3n) is 3.58. The molecule has 6 heteroatoms. The molecular weight excluding hydrogens is 214 g/mol. The number of esters is 1. The maximum Gasteiger partial charge on any atom is 0.328 e. The van der Waals surface area contributed by atoms with Gasteiger partial charge in [-0.25, -0.2) is 4.79 Å². The zero-order valence-electron chi connectivity index (χ0n) is 9.21. The first-order valence-electron chi connectivity index (χ1n) is 5.25. The molecule has 2 fully saturated rings. The van der Waals surface area contributed by atoms with Crippen molar-refractivity contribution in [2.24, 2.45) is 0 Å². The smallest absolute Gasteiger partial charge is 0.328 e. The summed E-state index contributed by atoms with van der Waals surface area (Å²) in [6.45, 7) is 1.38. The van der Waals surface area contributed by atoms with E-state index in [0.29, 0.717) is 12.8 Å². The van der Waals surface area contributed by atoms with E-state index >= 15 is 0 Å². The minimum Gasteiger partial charge on any atom is -0.467 e. The molecule has 0 radical (unpaired) electrons. The first-order valence-corrected chi connectivity index (χ1v) is 5.25. The van der Waals surface area contributed by atoms with Gasteiger partial charge >= 0.3 is 5.97 Å². The van der Waals surface area contributed by atoms with Crippen LogP contribution in [-0.4, -0.2) is 57.9 Å². The number of carbonyl (C=O) groups excluding carboxylic acids is 2. The molecule has 2 rings (SSSR count). The number of carbonyl (C=O) groups is 2. The Labute approximate surface area is 92.8 Å². The Morgan fingerprint density at radius 1 is 1.62 bits per heavy atom. The fourth-order valence-corrected chi connectivity index (χ4v) is 2.63. The number of aliphatic hydroxyl groups is 2. The van der Waals surface area contributed by atoms with Gasteiger partial charge in [-0.2, -0.15) is 0 Å². The van der Waals surface area contributed by atoms with E-state index < -0.39 is 35.7 Å². The second kappa shape index (κ2) is 3.43. The molecule has 0 bridgehead atoms. The molecule has 2 saturated heterocycles. The zero-order valence-corrected chi connectivity index (χ0v) is 9.21. The van der Waals surface area contributed by atoms with Crippen LogP contribution in [-0.2, 0) is 14.3 Å². The molecule has 2 N–H and O–H groups in total. The van der Waals surface area contributed by atoms with Gasteiger partial charge < -0.3 is 19.8 Å². The maximum atomic E-state index is 11.7. The normalized spacial score (nSPS) is 39.0. The number of fused-ring (bicyclic) bond motifs is 1. The first kappa shape index (κ1) is 11.3. The van der Waals surface area contributed by atoms with Crippen molar-refractivity contribution >= 4 is 11.9 Å². The van der Waals surface area contributed by atoms with Gasteiger partial charge in [0.1, 0.15) is 6.04 Å². The van der Waals surface area contributed by atoms with Crippen LogP contribution in [0.3, 0.4) is 0 Å². The number of methoxy groups -OCH3 is 1. The van der Waals surface area contributed by atoms with Crippen LogP contribution in [0.5, 0.6) is 0 Å². The molecule has 0 aromatic carbocycles. The predicted octanol–water partition coefficient (Wildman–Crippen LogP) is -1.36. The molecule has 2 aliphatic heterocycles. The van der Waals surface area contributed by atoms with Crippen LogP contribution < -0.4 is 0 Å². The molecule has 2 aliphatic rings. The van der Waals surface area contributed by atoms with Crippen LogP contribution >= 0.6 is 0 Å². The Morgan fingerprint density at radius 2 is 2.25 bits per heavy atom. The van der Waals surface area contributed by atoms with Crippen LogP contribution in [0.15, 0.2) is 0 Å². The Bertz CT molecular complexity index is 342. The highest BCUT2D eigenvalue weighted by Crippen LogP contribution is 2.44. The number of hydrogen-bond donors (Lipinski definition) is 2. The Hall–Kier alpha value is -1.14. The molecule has 1 amide bonds. The van der Waals surface area contributed by atoms with Gasteiger partial charge in [0.15, 0.2) is 5.60 Å². The molecule has 0 aliphatic carbocycles. The van der Waals surface area contributed by atoms with Crippen molar-refractivity contribution in [2.45, 2.75) is 43.6 Å². The van der Waals surface area contributed by atoms with Gasteiger partial charge in [-0.3, -0.25) is 4.79 Å². The maximum absolute atomic E-state index is 11.7. The van der Waals surface area contributed by atoms with Crippen molar-refractivity contribution in [1.29, 1.82) is 0 Å². The number of nitrogens with zero attached hydrogens (tertiary/aromatic N) is 1.